The lowest BCUT2D eigenvalue weighted by Crippen LogP contribution is -2.07. The Morgan fingerprint density at radius 3 is 2.16 bits per heavy atom. The molecule has 0 aliphatic heterocycles. The minimum atomic E-state index is -0.691. The van der Waals surface area contributed by atoms with Crippen molar-refractivity contribution < 1.29 is 13.6 Å². The van der Waals surface area contributed by atoms with E-state index in [4.69, 9.17) is 0 Å². The van der Waals surface area contributed by atoms with E-state index in [9.17, 15) is 13.6 Å². The summed E-state index contributed by atoms with van der Waals surface area (Å²) in [5, 5.41) is 0. The first-order valence-corrected chi connectivity index (χ1v) is 5.97. The normalized spacial score (nSPS) is 10.6. The molecule has 0 spiro atoms. The highest BCUT2D eigenvalue weighted by molar-refractivity contribution is 6.10. The topological polar surface area (TPSA) is 17.1 Å². The van der Waals surface area contributed by atoms with Gasteiger partial charge in [-0.05, 0) is 44.0 Å². The molecule has 19 heavy (non-hydrogen) atoms. The van der Waals surface area contributed by atoms with E-state index >= 15 is 0 Å². The first-order chi connectivity index (χ1) is 8.90. The summed E-state index contributed by atoms with van der Waals surface area (Å²) in [5.74, 6) is -1.76. The van der Waals surface area contributed by atoms with Crippen molar-refractivity contribution in [3.05, 3.63) is 69.8 Å². The van der Waals surface area contributed by atoms with Crippen LogP contribution in [-0.2, 0) is 0 Å². The van der Waals surface area contributed by atoms with Crippen LogP contribution in [0.3, 0.4) is 0 Å². The smallest absolute Gasteiger partial charge is 0.196 e. The molecule has 0 heterocycles. The van der Waals surface area contributed by atoms with Crippen LogP contribution in [0.1, 0.15) is 32.6 Å². The number of aryl methyl sites for hydroxylation is 3. The molecule has 1 nitrogen and oxygen atoms in total. The Balaban J connectivity index is 2.53. The SMILES string of the molecule is Cc1ccc(C(=O)c2cc(F)c(C)cc2F)c(C)c1. The van der Waals surface area contributed by atoms with Crippen molar-refractivity contribution in [1.29, 1.82) is 0 Å². The number of hydrogen-bond donors (Lipinski definition) is 0. The molecule has 2 rings (SSSR count). The van der Waals surface area contributed by atoms with Crippen LogP contribution < -0.4 is 0 Å². The van der Waals surface area contributed by atoms with Gasteiger partial charge in [-0.1, -0.05) is 23.8 Å². The van der Waals surface area contributed by atoms with Gasteiger partial charge in [-0.2, -0.15) is 0 Å². The Labute approximate surface area is 110 Å². The van der Waals surface area contributed by atoms with Crippen LogP contribution in [0.2, 0.25) is 0 Å². The molecule has 0 N–H and O–H groups in total. The third kappa shape index (κ3) is 2.55. The maximum Gasteiger partial charge on any atom is 0.196 e. The number of benzene rings is 2. The zero-order valence-corrected chi connectivity index (χ0v) is 11.1. The molecule has 3 heteroatoms. The molecule has 0 atom stereocenters. The summed E-state index contributed by atoms with van der Waals surface area (Å²) in [6, 6.07) is 7.28. The molecule has 0 aliphatic rings. The van der Waals surface area contributed by atoms with Gasteiger partial charge in [0.05, 0.1) is 5.56 Å². The summed E-state index contributed by atoms with van der Waals surface area (Å²) in [6.07, 6.45) is 0. The average molecular weight is 260 g/mol. The molecule has 0 fully saturated rings. The lowest BCUT2D eigenvalue weighted by Gasteiger charge is -2.08. The second-order valence-electron chi connectivity index (χ2n) is 4.73. The van der Waals surface area contributed by atoms with Crippen LogP contribution in [0.4, 0.5) is 8.78 Å². The summed E-state index contributed by atoms with van der Waals surface area (Å²) in [5.41, 5.74) is 2.13. The highest BCUT2D eigenvalue weighted by Crippen LogP contribution is 2.20. The van der Waals surface area contributed by atoms with E-state index in [0.717, 1.165) is 23.3 Å². The molecule has 2 aromatic carbocycles. The maximum absolute atomic E-state index is 13.8. The minimum absolute atomic E-state index is 0.190. The highest BCUT2D eigenvalue weighted by atomic mass is 19.1. The second-order valence-corrected chi connectivity index (χ2v) is 4.73. The van der Waals surface area contributed by atoms with Crippen LogP contribution in [0, 0.1) is 32.4 Å². The lowest BCUT2D eigenvalue weighted by atomic mass is 9.96. The van der Waals surface area contributed by atoms with Crippen molar-refractivity contribution in [2.24, 2.45) is 0 Å². The second kappa shape index (κ2) is 4.92. The fourth-order valence-corrected chi connectivity index (χ4v) is 2.03. The predicted octanol–water partition coefficient (Wildman–Crippen LogP) is 4.12. The molecular weight excluding hydrogens is 246 g/mol. The van der Waals surface area contributed by atoms with Gasteiger partial charge in [0.1, 0.15) is 11.6 Å². The Kier molecular flexibility index (Phi) is 3.47. The van der Waals surface area contributed by atoms with Gasteiger partial charge in [0.15, 0.2) is 5.78 Å². The van der Waals surface area contributed by atoms with Crippen LogP contribution in [0.5, 0.6) is 0 Å². The van der Waals surface area contributed by atoms with E-state index in [2.05, 4.69) is 0 Å². The quantitative estimate of drug-likeness (QED) is 0.742. The standard InChI is InChI=1S/C16H14F2O/c1-9-4-5-12(10(2)6-9)16(19)13-8-14(17)11(3)7-15(13)18/h4-8H,1-3H3. The molecule has 0 aliphatic carbocycles. The molecule has 0 unspecified atom stereocenters. The zero-order valence-electron chi connectivity index (χ0n) is 11.1. The summed E-state index contributed by atoms with van der Waals surface area (Å²) in [4.78, 5) is 12.3. The number of hydrogen-bond acceptors (Lipinski definition) is 1. The van der Waals surface area contributed by atoms with Gasteiger partial charge >= 0.3 is 0 Å². The number of carbonyl (C=O) groups is 1. The van der Waals surface area contributed by atoms with Gasteiger partial charge in [0.2, 0.25) is 0 Å². The van der Waals surface area contributed by atoms with Gasteiger partial charge in [-0.25, -0.2) is 8.78 Å². The van der Waals surface area contributed by atoms with Crippen LogP contribution in [-0.4, -0.2) is 5.78 Å². The van der Waals surface area contributed by atoms with Crippen molar-refractivity contribution >= 4 is 5.78 Å². The minimum Gasteiger partial charge on any atom is -0.288 e. The zero-order chi connectivity index (χ0) is 14.2. The molecule has 0 saturated heterocycles. The van der Waals surface area contributed by atoms with Gasteiger partial charge in [-0.3, -0.25) is 4.79 Å². The fraction of sp³-hybridized carbons (Fsp3) is 0.188. The molecule has 0 amide bonds. The van der Waals surface area contributed by atoms with Crippen molar-refractivity contribution in [2.75, 3.05) is 0 Å². The van der Waals surface area contributed by atoms with Gasteiger partial charge < -0.3 is 0 Å². The molecule has 0 bridgehead atoms. The number of halogens is 2. The van der Waals surface area contributed by atoms with E-state index < -0.39 is 17.4 Å². The van der Waals surface area contributed by atoms with Crippen molar-refractivity contribution in [3.8, 4) is 0 Å². The third-order valence-electron chi connectivity index (χ3n) is 3.12. The van der Waals surface area contributed by atoms with E-state index in [-0.39, 0.29) is 11.1 Å². The first kappa shape index (κ1) is 13.4. The summed E-state index contributed by atoms with van der Waals surface area (Å²) in [7, 11) is 0. The van der Waals surface area contributed by atoms with E-state index in [0.29, 0.717) is 5.56 Å². The molecule has 0 radical (unpaired) electrons. The highest BCUT2D eigenvalue weighted by Gasteiger charge is 2.18. The Bertz CT molecular complexity index is 660. The van der Waals surface area contributed by atoms with Crippen LogP contribution in [0.15, 0.2) is 30.3 Å². The summed E-state index contributed by atoms with van der Waals surface area (Å²) < 4.78 is 27.3. The number of rotatable bonds is 2. The Morgan fingerprint density at radius 2 is 1.53 bits per heavy atom. The van der Waals surface area contributed by atoms with Crippen LogP contribution >= 0.6 is 0 Å². The number of ketones is 1. The lowest BCUT2D eigenvalue weighted by molar-refractivity contribution is 0.103. The maximum atomic E-state index is 13.8. The predicted molar refractivity (Wildman–Crippen MR) is 70.4 cm³/mol. The van der Waals surface area contributed by atoms with Crippen molar-refractivity contribution in [1.82, 2.24) is 0 Å². The first-order valence-electron chi connectivity index (χ1n) is 5.97. The molecular formula is C16H14F2O. The fourth-order valence-electron chi connectivity index (χ4n) is 2.03. The van der Waals surface area contributed by atoms with E-state index in [1.807, 2.05) is 13.0 Å². The average Bonchev–Trinajstić information content (AvgIpc) is 2.33. The molecule has 98 valence electrons. The molecule has 0 aromatic heterocycles. The van der Waals surface area contributed by atoms with E-state index in [1.165, 1.54) is 6.92 Å². The monoisotopic (exact) mass is 260 g/mol. The van der Waals surface area contributed by atoms with Crippen molar-refractivity contribution in [3.63, 3.8) is 0 Å². The number of carbonyl (C=O) groups excluding carboxylic acids is 1. The largest absolute Gasteiger partial charge is 0.288 e. The Morgan fingerprint density at radius 1 is 0.842 bits per heavy atom. The molecule has 2 aromatic rings. The van der Waals surface area contributed by atoms with Gasteiger partial charge in [0.25, 0.3) is 0 Å². The van der Waals surface area contributed by atoms with E-state index in [1.54, 1.807) is 19.1 Å². The van der Waals surface area contributed by atoms with Gasteiger partial charge in [-0.15, -0.1) is 0 Å². The summed E-state index contributed by atoms with van der Waals surface area (Å²) >= 11 is 0. The van der Waals surface area contributed by atoms with Gasteiger partial charge in [0, 0.05) is 5.56 Å². The third-order valence-corrected chi connectivity index (χ3v) is 3.12. The summed E-state index contributed by atoms with van der Waals surface area (Å²) in [6.45, 7) is 5.15. The molecule has 0 saturated carbocycles. The van der Waals surface area contributed by atoms with Crippen molar-refractivity contribution in [2.45, 2.75) is 20.8 Å². The van der Waals surface area contributed by atoms with Crippen LogP contribution in [0.25, 0.3) is 0 Å². The Hall–Kier alpha value is -2.03.